The van der Waals surface area contributed by atoms with Gasteiger partial charge in [-0.2, -0.15) is 0 Å². The van der Waals surface area contributed by atoms with Gasteiger partial charge < -0.3 is 14.1 Å². The monoisotopic (exact) mass is 710 g/mol. The van der Waals surface area contributed by atoms with Crippen molar-refractivity contribution in [2.45, 2.75) is 177 Å². The zero-order valence-corrected chi connectivity index (χ0v) is 36.1. The molecule has 0 saturated carbocycles. The lowest BCUT2D eigenvalue weighted by Crippen LogP contribution is -2.42. The first-order chi connectivity index (χ1) is 22.6. The third kappa shape index (κ3) is 33.3. The van der Waals surface area contributed by atoms with E-state index >= 15 is 0 Å². The molecule has 1 atom stereocenters. The number of nitrogens with zero attached hydrogens (tertiary/aromatic N) is 2. The van der Waals surface area contributed by atoms with Crippen LogP contribution in [-0.4, -0.2) is 99.3 Å². The highest BCUT2D eigenvalue weighted by atomic mass is 31.2. The predicted molar refractivity (Wildman–Crippen MR) is 221 cm³/mol. The Morgan fingerprint density at radius 2 is 0.957 bits per heavy atom. The molecule has 0 fully saturated rings. The smallest absolute Gasteiger partial charge is 0.216 e. The molecule has 0 bridgehead atoms. The van der Waals surface area contributed by atoms with E-state index in [4.69, 9.17) is 15.9 Å². The molecular weight excluding hydrogens is 618 g/mol. The summed E-state index contributed by atoms with van der Waals surface area (Å²) >= 11 is 0. The number of unbranched alkanes of at least 4 members (excludes halogenated alkanes) is 15. The van der Waals surface area contributed by atoms with Crippen LogP contribution in [0, 0.1) is 0 Å². The summed E-state index contributed by atoms with van der Waals surface area (Å²) in [4.78, 5) is 2.52. The Balaban J connectivity index is -0.00000464. The summed E-state index contributed by atoms with van der Waals surface area (Å²) in [7, 11) is 3.20. The second-order valence-electron chi connectivity index (χ2n) is 14.5. The highest BCUT2D eigenvalue weighted by Gasteiger charge is 2.28. The van der Waals surface area contributed by atoms with Crippen molar-refractivity contribution in [3.8, 4) is 0 Å². The molecule has 0 saturated heterocycles. The molecule has 0 aromatic heterocycles. The van der Waals surface area contributed by atoms with Crippen LogP contribution in [0.15, 0.2) is 0 Å². The Labute approximate surface area is 298 Å². The first-order valence-electron chi connectivity index (χ1n) is 20.5. The molecule has 7 heteroatoms. The maximum Gasteiger partial charge on any atom is 0.216 e. The summed E-state index contributed by atoms with van der Waals surface area (Å²) in [6.07, 6.45) is 37.0. The van der Waals surface area contributed by atoms with Crippen molar-refractivity contribution in [3.05, 3.63) is 0 Å². The van der Waals surface area contributed by atoms with E-state index in [-0.39, 0.29) is 0 Å². The third-order valence-corrected chi connectivity index (χ3v) is 15.6. The van der Waals surface area contributed by atoms with Crippen LogP contribution in [0.5, 0.6) is 0 Å². The van der Waals surface area contributed by atoms with Gasteiger partial charge in [-0.1, -0.05) is 157 Å². The number of rotatable bonds is 33. The van der Waals surface area contributed by atoms with Crippen LogP contribution < -0.4 is 0 Å². The highest BCUT2D eigenvalue weighted by Crippen LogP contribution is 2.52. The van der Waals surface area contributed by atoms with Gasteiger partial charge in [-0.05, 0) is 38.5 Å². The molecule has 0 aromatic rings. The van der Waals surface area contributed by atoms with Gasteiger partial charge in [0.05, 0.1) is 40.1 Å². The molecule has 0 spiro atoms. The van der Waals surface area contributed by atoms with Crippen LogP contribution >= 0.6 is 14.3 Å². The minimum atomic E-state index is -2.62. The molecule has 1 N–H and O–H groups in total. The average Bonchev–Trinajstić information content (AvgIpc) is 3.03. The van der Waals surface area contributed by atoms with Gasteiger partial charge in [0, 0.05) is 32.5 Å². The second kappa shape index (κ2) is 36.2. The van der Waals surface area contributed by atoms with Crippen molar-refractivity contribution in [1.82, 2.24) is 4.90 Å². The normalized spacial score (nSPS) is 13.1. The molecule has 0 aliphatic heterocycles. The molecule has 0 aliphatic carbocycles. The van der Waals surface area contributed by atoms with Gasteiger partial charge in [0.25, 0.3) is 0 Å². The zero-order chi connectivity index (χ0) is 36.3. The quantitative estimate of drug-likeness (QED) is 0.0419. The van der Waals surface area contributed by atoms with E-state index in [1.807, 2.05) is 20.8 Å². The molecule has 0 aliphatic rings. The van der Waals surface area contributed by atoms with Crippen LogP contribution in [0.25, 0.3) is 0 Å². The minimum absolute atomic E-state index is 0.545. The fraction of sp³-hybridized carbons (Fsp3) is 0.975. The lowest BCUT2D eigenvalue weighted by molar-refractivity contribution is -0.890. The number of aliphatic hydroxyl groups is 1. The summed E-state index contributed by atoms with van der Waals surface area (Å²) in [6.45, 7) is 17.7. The number of hydrogen-bond donors (Lipinski definition) is 1. The third-order valence-electron chi connectivity index (χ3n) is 9.09. The van der Waals surface area contributed by atoms with Gasteiger partial charge in [0.15, 0.2) is 0 Å². The predicted octanol–water partition coefficient (Wildman–Crippen LogP) is 12.6. The fourth-order valence-corrected chi connectivity index (χ4v) is 12.8. The molecule has 0 heterocycles. The Morgan fingerprint density at radius 1 is 0.574 bits per heavy atom. The van der Waals surface area contributed by atoms with Crippen LogP contribution in [0.3, 0.4) is 0 Å². The van der Waals surface area contributed by atoms with Gasteiger partial charge in [-0.3, -0.25) is 9.46 Å². The van der Waals surface area contributed by atoms with Gasteiger partial charge in [0.2, 0.25) is 7.37 Å². The Kier molecular flexibility index (Phi) is 39.8. The lowest BCUT2D eigenvalue weighted by atomic mass is 10.0. The summed E-state index contributed by atoms with van der Waals surface area (Å²) < 4.78 is 20.7. The van der Waals surface area contributed by atoms with E-state index < -0.39 is 14.3 Å². The zero-order valence-electron chi connectivity index (χ0n) is 34.3. The molecular formula is C40H91N2O3P2+. The van der Waals surface area contributed by atoms with Crippen LogP contribution in [0.4, 0.5) is 0 Å². The Hall–Kier alpha value is 0.370. The topological polar surface area (TPSA) is 49.8 Å². The molecule has 1 unspecified atom stereocenters. The fourth-order valence-electron chi connectivity index (χ4n) is 6.79. The first kappa shape index (κ1) is 51.7. The first-order valence-corrected chi connectivity index (χ1v) is 25.0. The van der Waals surface area contributed by atoms with Crippen LogP contribution in [0.1, 0.15) is 177 Å². The van der Waals surface area contributed by atoms with Crippen LogP contribution in [0.2, 0.25) is 0 Å². The molecule has 0 radical (unpaired) electrons. The Morgan fingerprint density at radius 3 is 1.34 bits per heavy atom. The summed E-state index contributed by atoms with van der Waals surface area (Å²) in [5.41, 5.74) is 0. The molecule has 0 aromatic carbocycles. The van der Waals surface area contributed by atoms with Crippen LogP contribution in [-0.2, 0) is 9.09 Å². The van der Waals surface area contributed by atoms with Gasteiger partial charge in [-0.25, -0.2) is 0 Å². The largest absolute Gasteiger partial charge is 0.400 e. The maximum atomic E-state index is 13.7. The summed E-state index contributed by atoms with van der Waals surface area (Å²) in [6, 6.07) is 0. The molecule has 0 amide bonds. The van der Waals surface area contributed by atoms with Crippen molar-refractivity contribution < 1.29 is 18.7 Å². The molecule has 0 rings (SSSR count). The molecule has 5 nitrogen and oxygen atoms in total. The maximum absolute atomic E-state index is 13.7. The van der Waals surface area contributed by atoms with Crippen molar-refractivity contribution in [2.24, 2.45) is 0 Å². The van der Waals surface area contributed by atoms with E-state index in [2.05, 4.69) is 46.7 Å². The number of hydrogen-bond acceptors (Lipinski definition) is 4. The average molecular weight is 710 g/mol. The van der Waals surface area contributed by atoms with Gasteiger partial charge >= 0.3 is 0 Å². The van der Waals surface area contributed by atoms with Gasteiger partial charge in [0.1, 0.15) is 0 Å². The van der Waals surface area contributed by atoms with Crippen molar-refractivity contribution in [1.29, 1.82) is 0 Å². The Bertz CT molecular complexity index is 666. The van der Waals surface area contributed by atoms with E-state index in [1.54, 1.807) is 0 Å². The van der Waals surface area contributed by atoms with E-state index in [0.717, 1.165) is 37.3 Å². The van der Waals surface area contributed by atoms with Crippen molar-refractivity contribution >= 4 is 20.6 Å². The van der Waals surface area contributed by atoms with Crippen molar-refractivity contribution in [2.75, 3.05) is 78.5 Å². The summed E-state index contributed by atoms with van der Waals surface area (Å²) in [5.74, 6) is 0. The highest BCUT2D eigenvalue weighted by molar-refractivity contribution is 7.73. The number of aliphatic hydroxyl groups excluding tert-OH is 1. The lowest BCUT2D eigenvalue weighted by Gasteiger charge is -2.35. The van der Waals surface area contributed by atoms with E-state index in [0.29, 0.717) is 19.1 Å². The summed E-state index contributed by atoms with van der Waals surface area (Å²) in [5, 5.41) is 7.00. The van der Waals surface area contributed by atoms with E-state index in [1.165, 1.54) is 141 Å². The molecule has 47 heavy (non-hydrogen) atoms. The second-order valence-corrected chi connectivity index (χ2v) is 20.9. The van der Waals surface area contributed by atoms with Gasteiger partial charge in [-0.15, -0.1) is 0 Å². The SMILES string of the molecule is C=P(CCC)(CCC)CN(CCC[N+](C)(C)CCCCCCCCCCCCCCCCCC)CP(=O)(CCC)OCC.CC.CO. The number of quaternary nitrogens is 1. The van der Waals surface area contributed by atoms with E-state index in [9.17, 15) is 4.57 Å². The molecule has 288 valence electrons. The minimum Gasteiger partial charge on any atom is -0.400 e. The van der Waals surface area contributed by atoms with Crippen molar-refractivity contribution in [3.63, 3.8) is 0 Å². The standard InChI is InChI=1S/C37H81N2O2P2.C2H6.CH4O/c1-9-14-15-16-17-18-19-20-21-22-23-24-25-26-27-28-31-39(6,7)32-29-30-38(36-42(8,33-10-2)34-11-3)37-43(40,35-12-4)41-13-5;2*1-2/h8-37H2,1-7H3;1-2H3;2H,1H3/q+1;;.